The molecule has 0 bridgehead atoms. The van der Waals surface area contributed by atoms with E-state index in [0.29, 0.717) is 0 Å². The van der Waals surface area contributed by atoms with E-state index in [-0.39, 0.29) is 11.8 Å². The van der Waals surface area contributed by atoms with Gasteiger partial charge >= 0.3 is 0 Å². The van der Waals surface area contributed by atoms with Crippen LogP contribution >= 0.6 is 0 Å². The molecule has 2 aromatic heterocycles. The normalized spacial score (nSPS) is 17.8. The van der Waals surface area contributed by atoms with E-state index in [2.05, 4.69) is 20.3 Å². The molecule has 1 aliphatic carbocycles. The number of rotatable bonds is 2. The van der Waals surface area contributed by atoms with Gasteiger partial charge in [0.15, 0.2) is 0 Å². The average molecular weight is 256 g/mol. The Hall–Kier alpha value is -2.17. The lowest BCUT2D eigenvalue weighted by atomic mass is 9.89. The summed E-state index contributed by atoms with van der Waals surface area (Å²) in [5, 5.41) is 2.97. The summed E-state index contributed by atoms with van der Waals surface area (Å²) < 4.78 is 0. The molecule has 3 rings (SSSR count). The first-order valence-corrected chi connectivity index (χ1v) is 6.46. The maximum atomic E-state index is 12.3. The number of nitrogens with one attached hydrogen (secondary N) is 2. The minimum atomic E-state index is 0.00700. The summed E-state index contributed by atoms with van der Waals surface area (Å²) >= 11 is 0. The van der Waals surface area contributed by atoms with Gasteiger partial charge in [-0.15, -0.1) is 0 Å². The van der Waals surface area contributed by atoms with E-state index in [4.69, 9.17) is 0 Å². The molecule has 1 atom stereocenters. The van der Waals surface area contributed by atoms with Gasteiger partial charge in [-0.25, -0.2) is 4.98 Å². The van der Waals surface area contributed by atoms with E-state index in [1.165, 1.54) is 0 Å². The largest absolute Gasteiger partial charge is 0.348 e. The summed E-state index contributed by atoms with van der Waals surface area (Å²) in [7, 11) is 0. The summed E-state index contributed by atoms with van der Waals surface area (Å²) in [4.78, 5) is 23.7. The first-order chi connectivity index (χ1) is 9.24. The van der Waals surface area contributed by atoms with Crippen molar-refractivity contribution in [1.29, 1.82) is 0 Å². The Kier molecular flexibility index (Phi) is 3.03. The van der Waals surface area contributed by atoms with E-state index in [1.807, 2.05) is 13.0 Å². The molecule has 1 unspecified atom stereocenters. The number of imidazole rings is 1. The highest BCUT2D eigenvalue weighted by molar-refractivity contribution is 5.93. The van der Waals surface area contributed by atoms with E-state index in [9.17, 15) is 4.79 Å². The zero-order valence-corrected chi connectivity index (χ0v) is 10.8. The Morgan fingerprint density at radius 2 is 2.42 bits per heavy atom. The van der Waals surface area contributed by atoms with Gasteiger partial charge in [-0.05, 0) is 31.4 Å². The molecular formula is C14H16N4O. The van der Waals surface area contributed by atoms with Crippen molar-refractivity contribution in [3.63, 3.8) is 0 Å². The minimum Gasteiger partial charge on any atom is -0.348 e. The quantitative estimate of drug-likeness (QED) is 0.861. The number of nitrogens with zero attached hydrogens (tertiary/aromatic N) is 2. The van der Waals surface area contributed by atoms with Gasteiger partial charge in [0, 0.05) is 24.2 Å². The number of carbonyl (C=O) groups excluding carboxylic acids is 1. The van der Waals surface area contributed by atoms with Crippen molar-refractivity contribution >= 4 is 11.6 Å². The van der Waals surface area contributed by atoms with Crippen molar-refractivity contribution < 1.29 is 4.79 Å². The summed E-state index contributed by atoms with van der Waals surface area (Å²) in [6.45, 7) is 1.96. The van der Waals surface area contributed by atoms with Crippen LogP contribution in [0.1, 0.15) is 23.4 Å². The van der Waals surface area contributed by atoms with Gasteiger partial charge in [0.2, 0.25) is 5.91 Å². The number of amides is 1. The number of carbonyl (C=O) groups is 1. The molecule has 0 radical (unpaired) electrons. The van der Waals surface area contributed by atoms with Gasteiger partial charge < -0.3 is 10.3 Å². The van der Waals surface area contributed by atoms with E-state index >= 15 is 0 Å². The summed E-state index contributed by atoms with van der Waals surface area (Å²) in [5.74, 6) is 0.0731. The fourth-order valence-corrected chi connectivity index (χ4v) is 2.45. The molecule has 0 saturated carbocycles. The van der Waals surface area contributed by atoms with Gasteiger partial charge in [0.1, 0.15) is 0 Å². The van der Waals surface area contributed by atoms with E-state index < -0.39 is 0 Å². The van der Waals surface area contributed by atoms with E-state index in [0.717, 1.165) is 41.9 Å². The van der Waals surface area contributed by atoms with Gasteiger partial charge in [-0.3, -0.25) is 9.78 Å². The minimum absolute atomic E-state index is 0.00700. The molecule has 0 spiro atoms. The van der Waals surface area contributed by atoms with Crippen LogP contribution < -0.4 is 5.32 Å². The van der Waals surface area contributed by atoms with Gasteiger partial charge in [-0.2, -0.15) is 0 Å². The number of hydrogen-bond acceptors (Lipinski definition) is 3. The van der Waals surface area contributed by atoms with Crippen LogP contribution in [0.5, 0.6) is 0 Å². The fraction of sp³-hybridized carbons (Fsp3) is 0.357. The standard InChI is InChI=1S/C14H16N4O/c1-9-4-5-15-7-13(9)18-14(19)10-2-3-11-12(6-10)17-8-16-11/h4-5,7-8,10H,2-3,6H2,1H3,(H,16,17)(H,18,19). The predicted molar refractivity (Wildman–Crippen MR) is 71.7 cm³/mol. The molecule has 2 heterocycles. The molecule has 0 saturated heterocycles. The second-order valence-electron chi connectivity index (χ2n) is 4.95. The molecular weight excluding hydrogens is 240 g/mol. The van der Waals surface area contributed by atoms with Crippen molar-refractivity contribution in [2.45, 2.75) is 26.2 Å². The van der Waals surface area contributed by atoms with Crippen molar-refractivity contribution in [1.82, 2.24) is 15.0 Å². The molecule has 2 aromatic rings. The van der Waals surface area contributed by atoms with Crippen molar-refractivity contribution in [3.05, 3.63) is 41.7 Å². The number of aromatic amines is 1. The highest BCUT2D eigenvalue weighted by Gasteiger charge is 2.26. The molecule has 1 aliphatic rings. The zero-order valence-electron chi connectivity index (χ0n) is 10.8. The molecule has 0 fully saturated rings. The number of fused-ring (bicyclic) bond motifs is 1. The Bertz CT molecular complexity index is 605. The van der Waals surface area contributed by atoms with Crippen molar-refractivity contribution in [3.8, 4) is 0 Å². The van der Waals surface area contributed by atoms with Gasteiger partial charge in [0.05, 0.1) is 23.9 Å². The number of anilines is 1. The molecule has 0 aliphatic heterocycles. The van der Waals surface area contributed by atoms with Crippen LogP contribution in [0.4, 0.5) is 5.69 Å². The highest BCUT2D eigenvalue weighted by Crippen LogP contribution is 2.24. The van der Waals surface area contributed by atoms with Crippen LogP contribution in [-0.2, 0) is 17.6 Å². The van der Waals surface area contributed by atoms with Crippen LogP contribution in [0.25, 0.3) is 0 Å². The molecule has 19 heavy (non-hydrogen) atoms. The highest BCUT2D eigenvalue weighted by atomic mass is 16.1. The lowest BCUT2D eigenvalue weighted by molar-refractivity contribution is -0.120. The molecule has 98 valence electrons. The van der Waals surface area contributed by atoms with Crippen molar-refractivity contribution in [2.75, 3.05) is 5.32 Å². The smallest absolute Gasteiger partial charge is 0.227 e. The summed E-state index contributed by atoms with van der Waals surface area (Å²) in [6, 6.07) is 1.89. The third kappa shape index (κ3) is 2.36. The van der Waals surface area contributed by atoms with Gasteiger partial charge in [-0.1, -0.05) is 0 Å². The number of aryl methyl sites for hydroxylation is 2. The predicted octanol–water partition coefficient (Wildman–Crippen LogP) is 1.86. The fourth-order valence-electron chi connectivity index (χ4n) is 2.45. The van der Waals surface area contributed by atoms with Crippen LogP contribution in [0.15, 0.2) is 24.8 Å². The van der Waals surface area contributed by atoms with Gasteiger partial charge in [0.25, 0.3) is 0 Å². The summed E-state index contributed by atoms with van der Waals surface area (Å²) in [6.07, 6.45) is 7.57. The molecule has 2 N–H and O–H groups in total. The molecule has 5 nitrogen and oxygen atoms in total. The Balaban J connectivity index is 1.71. The van der Waals surface area contributed by atoms with Crippen LogP contribution in [0.3, 0.4) is 0 Å². The second kappa shape index (κ2) is 4.84. The molecule has 0 aromatic carbocycles. The third-order valence-corrected chi connectivity index (χ3v) is 3.66. The van der Waals surface area contributed by atoms with Crippen molar-refractivity contribution in [2.24, 2.45) is 5.92 Å². The number of aromatic nitrogens is 3. The third-order valence-electron chi connectivity index (χ3n) is 3.66. The lowest BCUT2D eigenvalue weighted by Crippen LogP contribution is -2.28. The zero-order chi connectivity index (χ0) is 13.2. The number of H-pyrrole nitrogens is 1. The number of pyridine rings is 1. The Morgan fingerprint density at radius 3 is 3.26 bits per heavy atom. The van der Waals surface area contributed by atoms with E-state index in [1.54, 1.807) is 18.7 Å². The topological polar surface area (TPSA) is 70.7 Å². The molecule has 5 heteroatoms. The number of hydrogen-bond donors (Lipinski definition) is 2. The first kappa shape index (κ1) is 11.9. The Labute approximate surface area is 111 Å². The summed E-state index contributed by atoms with van der Waals surface area (Å²) in [5.41, 5.74) is 4.01. The maximum absolute atomic E-state index is 12.3. The van der Waals surface area contributed by atoms with Crippen LogP contribution in [-0.4, -0.2) is 20.9 Å². The Morgan fingerprint density at radius 1 is 1.53 bits per heavy atom. The molecule has 1 amide bonds. The SMILES string of the molecule is Cc1ccncc1NC(=O)C1CCc2nc[nH]c2C1. The maximum Gasteiger partial charge on any atom is 0.227 e. The monoisotopic (exact) mass is 256 g/mol. The second-order valence-corrected chi connectivity index (χ2v) is 4.95. The van der Waals surface area contributed by atoms with Crippen LogP contribution in [0.2, 0.25) is 0 Å². The van der Waals surface area contributed by atoms with Crippen LogP contribution in [0, 0.1) is 12.8 Å². The lowest BCUT2D eigenvalue weighted by Gasteiger charge is -2.21. The average Bonchev–Trinajstić information content (AvgIpc) is 2.88. The first-order valence-electron chi connectivity index (χ1n) is 6.46.